The minimum atomic E-state index is -0.555. The highest BCUT2D eigenvalue weighted by Crippen LogP contribution is 2.33. The van der Waals surface area contributed by atoms with E-state index in [9.17, 15) is 5.11 Å². The monoisotopic (exact) mass is 316 g/mol. The fourth-order valence-corrected chi connectivity index (χ4v) is 2.07. The summed E-state index contributed by atoms with van der Waals surface area (Å²) in [5.41, 5.74) is 7.25. The van der Waals surface area contributed by atoms with Crippen molar-refractivity contribution in [3.05, 3.63) is 53.5 Å². The van der Waals surface area contributed by atoms with E-state index < -0.39 is 6.10 Å². The van der Waals surface area contributed by atoms with Crippen molar-refractivity contribution >= 4 is 17.1 Å². The van der Waals surface area contributed by atoms with Crippen LogP contribution in [0.5, 0.6) is 0 Å². The maximum atomic E-state index is 9.23. The molecule has 1 aromatic heterocycles. The van der Waals surface area contributed by atoms with Crippen LogP contribution in [0.3, 0.4) is 0 Å². The maximum absolute atomic E-state index is 9.23. The molecule has 0 saturated heterocycles. The van der Waals surface area contributed by atoms with Gasteiger partial charge in [0.1, 0.15) is 12.4 Å². The van der Waals surface area contributed by atoms with E-state index in [-0.39, 0.29) is 6.61 Å². The van der Waals surface area contributed by atoms with E-state index in [4.69, 9.17) is 9.25 Å². The molecular weight excluding hydrogens is 292 g/mol. The Hall–Kier alpha value is -2.24. The van der Waals surface area contributed by atoms with Crippen LogP contribution in [0.4, 0.5) is 11.4 Å². The molecule has 0 fully saturated rings. The number of hydrogen-bond donors (Lipinski definition) is 3. The molecule has 1 aromatic carbocycles. The van der Waals surface area contributed by atoms with Crippen molar-refractivity contribution in [1.29, 1.82) is 0 Å². The predicted molar refractivity (Wildman–Crippen MR) is 92.4 cm³/mol. The van der Waals surface area contributed by atoms with Gasteiger partial charge in [0.25, 0.3) is 0 Å². The molecule has 0 bridgehead atoms. The number of aliphatic hydroxyl groups excluding tert-OH is 1. The number of benzene rings is 1. The van der Waals surface area contributed by atoms with E-state index in [0.717, 1.165) is 22.7 Å². The highest BCUT2D eigenvalue weighted by atomic mass is 16.6. The second kappa shape index (κ2) is 7.35. The molecule has 23 heavy (non-hydrogen) atoms. The van der Waals surface area contributed by atoms with Gasteiger partial charge < -0.3 is 14.8 Å². The van der Waals surface area contributed by atoms with E-state index in [1.54, 1.807) is 6.92 Å². The van der Waals surface area contributed by atoms with Gasteiger partial charge >= 0.3 is 0 Å². The molecule has 3 N–H and O–H groups in total. The van der Waals surface area contributed by atoms with Gasteiger partial charge in [0.2, 0.25) is 0 Å². The molecule has 2 aromatic rings. The quantitative estimate of drug-likeness (QED) is 0.678. The van der Waals surface area contributed by atoms with Gasteiger partial charge in [-0.25, -0.2) is 0 Å². The van der Waals surface area contributed by atoms with Crippen molar-refractivity contribution in [2.75, 3.05) is 11.9 Å². The van der Waals surface area contributed by atoms with Crippen LogP contribution in [0.25, 0.3) is 5.70 Å². The van der Waals surface area contributed by atoms with Gasteiger partial charge in [-0.1, -0.05) is 24.3 Å². The third kappa shape index (κ3) is 4.37. The lowest BCUT2D eigenvalue weighted by Crippen LogP contribution is -2.19. The fraction of sp³-hybridized carbons (Fsp3) is 0.333. The Bertz CT molecular complexity index is 672. The Kier molecular flexibility index (Phi) is 5.47. The molecule has 0 aliphatic heterocycles. The topological polar surface area (TPSA) is 66.7 Å². The average molecular weight is 316 g/mol. The smallest absolute Gasteiger partial charge is 0.175 e. The second-order valence-corrected chi connectivity index (χ2v) is 5.72. The van der Waals surface area contributed by atoms with Gasteiger partial charge in [0.15, 0.2) is 5.76 Å². The van der Waals surface area contributed by atoms with E-state index >= 15 is 0 Å². The Labute approximate surface area is 136 Å². The maximum Gasteiger partial charge on any atom is 0.175 e. The summed E-state index contributed by atoms with van der Waals surface area (Å²) in [4.78, 5) is 5.19. The first-order chi connectivity index (χ1) is 10.9. The number of aliphatic hydroxyl groups is 1. The van der Waals surface area contributed by atoms with Crippen LogP contribution in [0.15, 0.2) is 35.3 Å². The second-order valence-electron chi connectivity index (χ2n) is 5.72. The number of hydrogen-bond acceptors (Lipinski definition) is 5. The highest BCUT2D eigenvalue weighted by Gasteiger charge is 2.17. The molecule has 1 heterocycles. The number of hydroxylamine groups is 1. The van der Waals surface area contributed by atoms with Gasteiger partial charge in [0, 0.05) is 11.3 Å². The summed E-state index contributed by atoms with van der Waals surface area (Å²) in [7, 11) is 0. The molecule has 0 amide bonds. The fourth-order valence-electron chi connectivity index (χ4n) is 2.07. The molecule has 0 radical (unpaired) electrons. The molecule has 5 heteroatoms. The molecule has 0 aliphatic carbocycles. The Morgan fingerprint density at radius 3 is 2.52 bits per heavy atom. The van der Waals surface area contributed by atoms with E-state index in [1.165, 1.54) is 5.56 Å². The molecule has 1 atom stereocenters. The van der Waals surface area contributed by atoms with Crippen molar-refractivity contribution < 1.29 is 14.4 Å². The third-order valence-electron chi connectivity index (χ3n) is 3.50. The third-order valence-corrected chi connectivity index (χ3v) is 3.50. The molecule has 5 nitrogen and oxygen atoms in total. The molecule has 2 rings (SSSR count). The number of aryl methyl sites for hydroxylation is 2. The number of rotatable bonds is 7. The largest absolute Gasteiger partial charge is 0.457 e. The zero-order valence-corrected chi connectivity index (χ0v) is 14.1. The van der Waals surface area contributed by atoms with Crippen molar-refractivity contribution in [3.8, 4) is 0 Å². The molecule has 124 valence electrons. The van der Waals surface area contributed by atoms with Crippen molar-refractivity contribution in [3.63, 3.8) is 0 Å². The lowest BCUT2D eigenvalue weighted by molar-refractivity contribution is 0.0108. The van der Waals surface area contributed by atoms with Gasteiger partial charge in [-0.2, -0.15) is 0 Å². The van der Waals surface area contributed by atoms with Crippen molar-refractivity contribution in [2.45, 2.75) is 33.8 Å². The predicted octanol–water partition coefficient (Wildman–Crippen LogP) is 3.82. The van der Waals surface area contributed by atoms with Crippen molar-refractivity contribution in [1.82, 2.24) is 5.48 Å². The molecule has 0 aliphatic rings. The summed E-state index contributed by atoms with van der Waals surface area (Å²) in [6, 6.07) is 8.12. The number of furan rings is 1. The number of nitrogens with one attached hydrogen (secondary N) is 2. The summed E-state index contributed by atoms with van der Waals surface area (Å²) in [5.74, 6) is 1.40. The summed E-state index contributed by atoms with van der Waals surface area (Å²) in [6.45, 7) is 11.7. The minimum absolute atomic E-state index is 0.165. The van der Waals surface area contributed by atoms with Crippen LogP contribution in [0.1, 0.15) is 29.6 Å². The lowest BCUT2D eigenvalue weighted by atomic mass is 10.2. The summed E-state index contributed by atoms with van der Waals surface area (Å²) < 4.78 is 5.79. The standard InChI is InChI=1S/C18H24N2O3/c1-11-6-8-16(9-7-11)19-17-13(3)15(5)23-18(17)14(4)20-22-10-12(2)21/h6-9,12,19-21H,4,10H2,1-3,5H3/t12-/m1/s1. The number of anilines is 2. The van der Waals surface area contributed by atoms with Crippen LogP contribution >= 0.6 is 0 Å². The van der Waals surface area contributed by atoms with Gasteiger partial charge in [-0.05, 0) is 39.8 Å². The zero-order valence-electron chi connectivity index (χ0n) is 14.1. The first-order valence-electron chi connectivity index (χ1n) is 7.57. The summed E-state index contributed by atoms with van der Waals surface area (Å²) in [5, 5.41) is 12.6. The first kappa shape index (κ1) is 17.1. The first-order valence-corrected chi connectivity index (χ1v) is 7.57. The van der Waals surface area contributed by atoms with Crippen LogP contribution in [0.2, 0.25) is 0 Å². The molecule has 0 saturated carbocycles. The molecule has 0 spiro atoms. The van der Waals surface area contributed by atoms with Crippen LogP contribution in [-0.4, -0.2) is 17.8 Å². The normalized spacial score (nSPS) is 12.0. The van der Waals surface area contributed by atoms with Gasteiger partial charge in [-0.3, -0.25) is 10.3 Å². The van der Waals surface area contributed by atoms with E-state index in [1.807, 2.05) is 45.0 Å². The summed E-state index contributed by atoms with van der Waals surface area (Å²) in [6.07, 6.45) is -0.555. The lowest BCUT2D eigenvalue weighted by Gasteiger charge is -2.12. The van der Waals surface area contributed by atoms with Crippen LogP contribution < -0.4 is 10.8 Å². The average Bonchev–Trinajstić information content (AvgIpc) is 2.77. The Morgan fingerprint density at radius 1 is 1.26 bits per heavy atom. The van der Waals surface area contributed by atoms with Crippen LogP contribution in [-0.2, 0) is 4.84 Å². The van der Waals surface area contributed by atoms with Gasteiger partial charge in [-0.15, -0.1) is 0 Å². The minimum Gasteiger partial charge on any atom is -0.457 e. The van der Waals surface area contributed by atoms with E-state index in [0.29, 0.717) is 11.5 Å². The van der Waals surface area contributed by atoms with E-state index in [2.05, 4.69) is 17.4 Å². The zero-order chi connectivity index (χ0) is 17.0. The molecule has 0 unspecified atom stereocenters. The Balaban J connectivity index is 2.18. The highest BCUT2D eigenvalue weighted by molar-refractivity contribution is 5.77. The summed E-state index contributed by atoms with van der Waals surface area (Å²) >= 11 is 0. The molecular formula is C18H24N2O3. The Morgan fingerprint density at radius 2 is 1.91 bits per heavy atom. The SMILES string of the molecule is C=C(NOC[C@@H](C)O)c1oc(C)c(C)c1Nc1ccc(C)cc1. The van der Waals surface area contributed by atoms with Crippen LogP contribution in [0, 0.1) is 20.8 Å². The van der Waals surface area contributed by atoms with Gasteiger partial charge in [0.05, 0.1) is 17.5 Å². The van der Waals surface area contributed by atoms with Crippen molar-refractivity contribution in [2.24, 2.45) is 0 Å².